The van der Waals surface area contributed by atoms with E-state index >= 15 is 0 Å². The second-order valence-electron chi connectivity index (χ2n) is 5.83. The smallest absolute Gasteiger partial charge is 0.282 e. The number of halogens is 1. The standard InChI is InChI=1S/C21H15BrN2O2S/c1-26-17-10-4-14(5-11-17)20-23-19(13-18-3-2-12-27-18)21(25)24(20)16-8-6-15(22)7-9-16/h2-13H,1H3/b19-13+. The van der Waals surface area contributed by atoms with Crippen LogP contribution in [-0.4, -0.2) is 18.9 Å². The highest BCUT2D eigenvalue weighted by molar-refractivity contribution is 9.10. The highest BCUT2D eigenvalue weighted by atomic mass is 79.9. The average Bonchev–Trinajstić information content (AvgIpc) is 3.32. The van der Waals surface area contributed by atoms with Crippen LogP contribution in [0.2, 0.25) is 0 Å². The lowest BCUT2D eigenvalue weighted by molar-refractivity contribution is -0.113. The third-order valence-electron chi connectivity index (χ3n) is 4.12. The summed E-state index contributed by atoms with van der Waals surface area (Å²) in [7, 11) is 1.63. The number of nitrogens with zero attached hydrogens (tertiary/aromatic N) is 2. The summed E-state index contributed by atoms with van der Waals surface area (Å²) in [6.45, 7) is 0. The Labute approximate surface area is 169 Å². The maximum absolute atomic E-state index is 13.1. The van der Waals surface area contributed by atoms with Gasteiger partial charge in [-0.1, -0.05) is 22.0 Å². The van der Waals surface area contributed by atoms with Crippen LogP contribution in [0, 0.1) is 0 Å². The van der Waals surface area contributed by atoms with Crippen molar-refractivity contribution in [3.63, 3.8) is 0 Å². The summed E-state index contributed by atoms with van der Waals surface area (Å²) in [5.74, 6) is 1.22. The number of anilines is 1. The highest BCUT2D eigenvalue weighted by Crippen LogP contribution is 2.30. The van der Waals surface area contributed by atoms with Crippen molar-refractivity contribution in [3.8, 4) is 5.75 Å². The second-order valence-corrected chi connectivity index (χ2v) is 7.72. The van der Waals surface area contributed by atoms with Crippen LogP contribution in [0.4, 0.5) is 5.69 Å². The molecule has 3 aromatic rings. The first kappa shape index (κ1) is 17.7. The molecule has 0 spiro atoms. The molecule has 1 aliphatic heterocycles. The maximum Gasteiger partial charge on any atom is 0.282 e. The normalized spacial score (nSPS) is 15.3. The van der Waals surface area contributed by atoms with Crippen molar-refractivity contribution in [1.82, 2.24) is 0 Å². The number of ether oxygens (including phenoxy) is 1. The Kier molecular flexibility index (Phi) is 4.92. The van der Waals surface area contributed by atoms with Crippen LogP contribution in [0.25, 0.3) is 6.08 Å². The van der Waals surface area contributed by atoms with Crippen molar-refractivity contribution in [2.45, 2.75) is 0 Å². The number of benzene rings is 2. The van der Waals surface area contributed by atoms with E-state index in [1.807, 2.05) is 72.1 Å². The molecule has 1 aromatic heterocycles. The molecule has 0 unspecified atom stereocenters. The summed E-state index contributed by atoms with van der Waals surface area (Å²) in [4.78, 5) is 20.4. The van der Waals surface area contributed by atoms with Crippen LogP contribution in [0.5, 0.6) is 5.75 Å². The molecule has 0 bridgehead atoms. The fourth-order valence-corrected chi connectivity index (χ4v) is 3.70. The Hall–Kier alpha value is -2.70. The number of aliphatic imine (C=N–C) groups is 1. The van der Waals surface area contributed by atoms with Gasteiger partial charge in [-0.3, -0.25) is 9.69 Å². The fraction of sp³-hybridized carbons (Fsp3) is 0.0476. The Morgan fingerprint density at radius 3 is 2.44 bits per heavy atom. The topological polar surface area (TPSA) is 41.9 Å². The molecule has 1 amide bonds. The van der Waals surface area contributed by atoms with E-state index in [0.29, 0.717) is 11.5 Å². The molecular weight excluding hydrogens is 424 g/mol. The largest absolute Gasteiger partial charge is 0.497 e. The quantitative estimate of drug-likeness (QED) is 0.514. The lowest BCUT2D eigenvalue weighted by atomic mass is 10.1. The van der Waals surface area contributed by atoms with Gasteiger partial charge in [0.1, 0.15) is 17.3 Å². The van der Waals surface area contributed by atoms with Crippen LogP contribution < -0.4 is 9.64 Å². The number of carbonyl (C=O) groups excluding carboxylic acids is 1. The van der Waals surface area contributed by atoms with E-state index in [1.54, 1.807) is 23.3 Å². The van der Waals surface area contributed by atoms with Gasteiger partial charge in [0.2, 0.25) is 0 Å². The summed E-state index contributed by atoms with van der Waals surface area (Å²) >= 11 is 5.01. The van der Waals surface area contributed by atoms with Gasteiger partial charge in [-0.15, -0.1) is 11.3 Å². The molecular formula is C21H15BrN2O2S. The summed E-state index contributed by atoms with van der Waals surface area (Å²) < 4.78 is 6.19. The van der Waals surface area contributed by atoms with Crippen LogP contribution in [0.15, 0.2) is 81.2 Å². The van der Waals surface area contributed by atoms with Crippen molar-refractivity contribution in [2.75, 3.05) is 12.0 Å². The van der Waals surface area contributed by atoms with E-state index in [0.717, 1.165) is 26.4 Å². The van der Waals surface area contributed by atoms with Gasteiger partial charge < -0.3 is 4.74 Å². The van der Waals surface area contributed by atoms with Gasteiger partial charge >= 0.3 is 0 Å². The highest BCUT2D eigenvalue weighted by Gasteiger charge is 2.32. The number of hydrogen-bond acceptors (Lipinski definition) is 4. The van der Waals surface area contributed by atoms with Crippen molar-refractivity contribution in [3.05, 3.63) is 86.7 Å². The van der Waals surface area contributed by atoms with Crippen LogP contribution in [0.3, 0.4) is 0 Å². The fourth-order valence-electron chi connectivity index (χ4n) is 2.79. The SMILES string of the molecule is COc1ccc(C2=N/C(=C/c3cccs3)C(=O)N2c2ccc(Br)cc2)cc1. The minimum atomic E-state index is -0.142. The minimum absolute atomic E-state index is 0.142. The second kappa shape index (κ2) is 7.50. The summed E-state index contributed by atoms with van der Waals surface area (Å²) in [5.41, 5.74) is 2.04. The summed E-state index contributed by atoms with van der Waals surface area (Å²) in [6, 6.07) is 19.1. The molecule has 0 saturated heterocycles. The lowest BCUT2D eigenvalue weighted by Crippen LogP contribution is -2.32. The maximum atomic E-state index is 13.1. The Morgan fingerprint density at radius 1 is 1.07 bits per heavy atom. The van der Waals surface area contributed by atoms with Crippen molar-refractivity contribution >= 4 is 50.8 Å². The van der Waals surface area contributed by atoms with Gasteiger partial charge in [0.05, 0.1) is 12.8 Å². The molecule has 1 aliphatic rings. The summed E-state index contributed by atoms with van der Waals surface area (Å²) in [5, 5.41) is 1.98. The van der Waals surface area contributed by atoms with E-state index in [9.17, 15) is 4.79 Å². The molecule has 0 radical (unpaired) electrons. The molecule has 6 heteroatoms. The van der Waals surface area contributed by atoms with Gasteiger partial charge in [-0.05, 0) is 66.1 Å². The minimum Gasteiger partial charge on any atom is -0.497 e. The van der Waals surface area contributed by atoms with Gasteiger partial charge in [-0.2, -0.15) is 0 Å². The molecule has 0 fully saturated rings. The van der Waals surface area contributed by atoms with Crippen molar-refractivity contribution in [1.29, 1.82) is 0 Å². The number of carbonyl (C=O) groups is 1. The number of amides is 1. The average molecular weight is 439 g/mol. The van der Waals surface area contributed by atoms with Crippen LogP contribution in [-0.2, 0) is 4.79 Å². The number of rotatable bonds is 4. The van der Waals surface area contributed by atoms with Crippen molar-refractivity contribution in [2.24, 2.45) is 4.99 Å². The molecule has 134 valence electrons. The predicted molar refractivity (Wildman–Crippen MR) is 113 cm³/mol. The first-order valence-corrected chi connectivity index (χ1v) is 9.91. The number of hydrogen-bond donors (Lipinski definition) is 0. The van der Waals surface area contributed by atoms with Crippen molar-refractivity contribution < 1.29 is 9.53 Å². The first-order chi connectivity index (χ1) is 13.2. The Morgan fingerprint density at radius 2 is 1.81 bits per heavy atom. The van der Waals surface area contributed by atoms with E-state index in [4.69, 9.17) is 4.74 Å². The molecule has 0 saturated carbocycles. The number of methoxy groups -OCH3 is 1. The molecule has 0 aliphatic carbocycles. The number of amidine groups is 1. The molecule has 4 rings (SSSR count). The third-order valence-corrected chi connectivity index (χ3v) is 5.46. The third kappa shape index (κ3) is 3.59. The van der Waals surface area contributed by atoms with E-state index in [2.05, 4.69) is 20.9 Å². The van der Waals surface area contributed by atoms with Gasteiger partial charge in [-0.25, -0.2) is 4.99 Å². The molecule has 27 heavy (non-hydrogen) atoms. The van der Waals surface area contributed by atoms with Crippen LogP contribution in [0.1, 0.15) is 10.4 Å². The van der Waals surface area contributed by atoms with Gasteiger partial charge in [0, 0.05) is 14.9 Å². The zero-order valence-corrected chi connectivity index (χ0v) is 16.8. The van der Waals surface area contributed by atoms with Gasteiger partial charge in [0.25, 0.3) is 5.91 Å². The predicted octanol–water partition coefficient (Wildman–Crippen LogP) is 5.35. The molecule has 0 N–H and O–H groups in total. The monoisotopic (exact) mass is 438 g/mol. The van der Waals surface area contributed by atoms with Crippen LogP contribution >= 0.6 is 27.3 Å². The molecule has 2 aromatic carbocycles. The van der Waals surface area contributed by atoms with E-state index in [1.165, 1.54) is 0 Å². The zero-order chi connectivity index (χ0) is 18.8. The Bertz CT molecular complexity index is 1020. The molecule has 2 heterocycles. The zero-order valence-electron chi connectivity index (χ0n) is 14.4. The van der Waals surface area contributed by atoms with Gasteiger partial charge in [0.15, 0.2) is 0 Å². The molecule has 4 nitrogen and oxygen atoms in total. The summed E-state index contributed by atoms with van der Waals surface area (Å²) in [6.07, 6.45) is 1.83. The van der Waals surface area contributed by atoms with E-state index < -0.39 is 0 Å². The number of thiophene rings is 1. The first-order valence-electron chi connectivity index (χ1n) is 8.24. The Balaban J connectivity index is 1.80. The lowest BCUT2D eigenvalue weighted by Gasteiger charge is -2.18. The van der Waals surface area contributed by atoms with E-state index in [-0.39, 0.29) is 5.91 Å². The molecule has 0 atom stereocenters.